The van der Waals surface area contributed by atoms with E-state index in [1.165, 1.54) is 23.7 Å². The molecule has 3 aromatic rings. The molecule has 0 amide bonds. The highest BCUT2D eigenvalue weighted by molar-refractivity contribution is 5.80. The Labute approximate surface area is 123 Å². The molecule has 0 unspecified atom stereocenters. The molecular weight excluding hydrogens is 262 g/mol. The van der Waals surface area contributed by atoms with Gasteiger partial charge in [0.25, 0.3) is 0 Å². The summed E-state index contributed by atoms with van der Waals surface area (Å²) in [5, 5.41) is 9.96. The zero-order valence-corrected chi connectivity index (χ0v) is 12.0. The van der Waals surface area contributed by atoms with Crippen LogP contribution in [0.25, 0.3) is 10.9 Å². The summed E-state index contributed by atoms with van der Waals surface area (Å²) in [6.07, 6.45) is 5.62. The number of rotatable bonds is 3. The summed E-state index contributed by atoms with van der Waals surface area (Å²) in [4.78, 5) is 0. The summed E-state index contributed by atoms with van der Waals surface area (Å²) in [6.45, 7) is 2.39. The first-order valence-corrected chi connectivity index (χ1v) is 7.54. The van der Waals surface area contributed by atoms with Gasteiger partial charge >= 0.3 is 0 Å². The molecule has 0 radical (unpaired) electrons. The van der Waals surface area contributed by atoms with Crippen LogP contribution in [0.15, 0.2) is 30.5 Å². The zero-order chi connectivity index (χ0) is 14.2. The smallest absolute Gasteiger partial charge is 0.153 e. The number of aromatic nitrogens is 4. The van der Waals surface area contributed by atoms with Crippen molar-refractivity contribution < 1.29 is 0 Å². The average Bonchev–Trinajstić information content (AvgIpc) is 3.12. The number of aryl methyl sites for hydroxylation is 1. The van der Waals surface area contributed by atoms with Crippen LogP contribution in [0.3, 0.4) is 0 Å². The predicted octanol–water partition coefficient (Wildman–Crippen LogP) is 2.08. The van der Waals surface area contributed by atoms with Crippen molar-refractivity contribution in [1.29, 1.82) is 0 Å². The van der Waals surface area contributed by atoms with E-state index in [0.717, 1.165) is 36.7 Å². The maximum atomic E-state index is 5.75. The molecule has 0 bridgehead atoms. The van der Waals surface area contributed by atoms with Gasteiger partial charge in [-0.25, -0.2) is 0 Å². The fourth-order valence-corrected chi connectivity index (χ4v) is 3.13. The molecule has 0 spiro atoms. The number of hydrogen-bond acceptors (Lipinski definition) is 3. The van der Waals surface area contributed by atoms with E-state index in [9.17, 15) is 0 Å². The third-order valence-electron chi connectivity index (χ3n) is 4.32. The van der Waals surface area contributed by atoms with Gasteiger partial charge in [0.2, 0.25) is 0 Å². The van der Waals surface area contributed by atoms with E-state index in [-0.39, 0.29) is 0 Å². The van der Waals surface area contributed by atoms with Crippen LogP contribution in [0, 0.1) is 0 Å². The Balaban J connectivity index is 1.72. The van der Waals surface area contributed by atoms with Crippen molar-refractivity contribution in [2.45, 2.75) is 38.9 Å². The lowest BCUT2D eigenvalue weighted by Crippen LogP contribution is -2.15. The Morgan fingerprint density at radius 1 is 1.14 bits per heavy atom. The van der Waals surface area contributed by atoms with Crippen molar-refractivity contribution >= 4 is 10.9 Å². The normalized spacial score (nSPS) is 14.5. The molecule has 0 aliphatic carbocycles. The van der Waals surface area contributed by atoms with Crippen LogP contribution in [-0.4, -0.2) is 19.3 Å². The fourth-order valence-electron chi connectivity index (χ4n) is 3.13. The van der Waals surface area contributed by atoms with Crippen molar-refractivity contribution in [2.24, 2.45) is 5.73 Å². The molecule has 2 aromatic heterocycles. The van der Waals surface area contributed by atoms with Gasteiger partial charge in [0, 0.05) is 31.2 Å². The summed E-state index contributed by atoms with van der Waals surface area (Å²) < 4.78 is 4.52. The molecule has 0 atom stereocenters. The number of benzene rings is 1. The average molecular weight is 281 g/mol. The van der Waals surface area contributed by atoms with Crippen molar-refractivity contribution in [2.75, 3.05) is 0 Å². The van der Waals surface area contributed by atoms with Crippen molar-refractivity contribution in [3.63, 3.8) is 0 Å². The summed E-state index contributed by atoms with van der Waals surface area (Å²) in [7, 11) is 0. The lowest BCUT2D eigenvalue weighted by atomic mass is 10.1. The van der Waals surface area contributed by atoms with Gasteiger partial charge in [-0.2, -0.15) is 0 Å². The second-order valence-corrected chi connectivity index (χ2v) is 5.68. The van der Waals surface area contributed by atoms with Crippen LogP contribution >= 0.6 is 0 Å². The van der Waals surface area contributed by atoms with Crippen LogP contribution in [0.5, 0.6) is 0 Å². The first-order chi connectivity index (χ1) is 10.3. The summed E-state index contributed by atoms with van der Waals surface area (Å²) >= 11 is 0. The van der Waals surface area contributed by atoms with Crippen LogP contribution in [0.2, 0.25) is 0 Å². The summed E-state index contributed by atoms with van der Waals surface area (Å²) in [5.74, 6) is 2.19. The molecule has 21 heavy (non-hydrogen) atoms. The minimum atomic E-state index is 0.571. The second kappa shape index (κ2) is 5.00. The number of fused-ring (bicyclic) bond motifs is 2. The molecule has 4 rings (SSSR count). The van der Waals surface area contributed by atoms with Crippen LogP contribution in [0.1, 0.15) is 30.1 Å². The molecular formula is C16H19N5. The Morgan fingerprint density at radius 2 is 2.10 bits per heavy atom. The van der Waals surface area contributed by atoms with E-state index >= 15 is 0 Å². The minimum absolute atomic E-state index is 0.571. The van der Waals surface area contributed by atoms with E-state index in [4.69, 9.17) is 5.73 Å². The Bertz CT molecular complexity index is 783. The highest BCUT2D eigenvalue weighted by atomic mass is 15.3. The Hall–Kier alpha value is -2.14. The molecule has 1 aliphatic rings. The number of hydrogen-bond donors (Lipinski definition) is 1. The van der Waals surface area contributed by atoms with E-state index in [1.54, 1.807) is 0 Å². The van der Waals surface area contributed by atoms with Crippen LogP contribution in [0.4, 0.5) is 0 Å². The van der Waals surface area contributed by atoms with Crippen LogP contribution < -0.4 is 5.73 Å². The van der Waals surface area contributed by atoms with E-state index in [1.807, 2.05) is 0 Å². The molecule has 0 saturated heterocycles. The molecule has 1 aliphatic heterocycles. The van der Waals surface area contributed by atoms with E-state index < -0.39 is 0 Å². The van der Waals surface area contributed by atoms with Gasteiger partial charge < -0.3 is 14.9 Å². The zero-order valence-electron chi connectivity index (χ0n) is 12.0. The van der Waals surface area contributed by atoms with Crippen LogP contribution in [-0.2, 0) is 26.1 Å². The molecule has 1 aromatic carbocycles. The van der Waals surface area contributed by atoms with Gasteiger partial charge in [0.05, 0.1) is 6.54 Å². The maximum absolute atomic E-state index is 5.75. The first-order valence-electron chi connectivity index (χ1n) is 7.54. The van der Waals surface area contributed by atoms with Crippen molar-refractivity contribution in [3.05, 3.63) is 47.7 Å². The molecule has 0 fully saturated rings. The fraction of sp³-hybridized carbons (Fsp3) is 0.375. The molecule has 5 heteroatoms. The first kappa shape index (κ1) is 12.6. The molecule has 108 valence electrons. The van der Waals surface area contributed by atoms with Gasteiger partial charge in [0.15, 0.2) is 5.82 Å². The standard InChI is InChI=1S/C16H19N5/c17-10-12-4-5-13-6-8-20(14(13)9-12)11-16-19-18-15-3-1-2-7-21(15)16/h4-6,8-9H,1-3,7,10-11,17H2. The molecule has 5 nitrogen and oxygen atoms in total. The van der Waals surface area contributed by atoms with Crippen molar-refractivity contribution in [3.8, 4) is 0 Å². The third-order valence-corrected chi connectivity index (χ3v) is 4.32. The lowest BCUT2D eigenvalue weighted by Gasteiger charge is -2.15. The predicted molar refractivity (Wildman–Crippen MR) is 81.9 cm³/mol. The second-order valence-electron chi connectivity index (χ2n) is 5.68. The summed E-state index contributed by atoms with van der Waals surface area (Å²) in [5.41, 5.74) is 8.12. The molecule has 2 N–H and O–H groups in total. The molecule has 0 saturated carbocycles. The molecule has 3 heterocycles. The summed E-state index contributed by atoms with van der Waals surface area (Å²) in [6, 6.07) is 8.53. The third kappa shape index (κ3) is 2.14. The largest absolute Gasteiger partial charge is 0.340 e. The minimum Gasteiger partial charge on any atom is -0.340 e. The SMILES string of the molecule is NCc1ccc2ccn(Cc3nnc4n3CCCC4)c2c1. The van der Waals surface area contributed by atoms with Gasteiger partial charge in [-0.05, 0) is 35.9 Å². The van der Waals surface area contributed by atoms with Gasteiger partial charge in [-0.15, -0.1) is 10.2 Å². The van der Waals surface area contributed by atoms with Gasteiger partial charge in [-0.3, -0.25) is 0 Å². The topological polar surface area (TPSA) is 61.7 Å². The number of nitrogens with zero attached hydrogens (tertiary/aromatic N) is 4. The highest BCUT2D eigenvalue weighted by Gasteiger charge is 2.16. The van der Waals surface area contributed by atoms with Gasteiger partial charge in [-0.1, -0.05) is 12.1 Å². The Morgan fingerprint density at radius 3 is 3.00 bits per heavy atom. The van der Waals surface area contributed by atoms with Crippen molar-refractivity contribution in [1.82, 2.24) is 19.3 Å². The van der Waals surface area contributed by atoms with Gasteiger partial charge in [0.1, 0.15) is 5.82 Å². The lowest BCUT2D eigenvalue weighted by molar-refractivity contribution is 0.503. The maximum Gasteiger partial charge on any atom is 0.153 e. The van der Waals surface area contributed by atoms with E-state index in [0.29, 0.717) is 6.54 Å². The van der Waals surface area contributed by atoms with E-state index in [2.05, 4.69) is 49.8 Å². The Kier molecular flexibility index (Phi) is 3.00. The monoisotopic (exact) mass is 281 g/mol. The quantitative estimate of drug-likeness (QED) is 0.799. The number of nitrogens with two attached hydrogens (primary N) is 1. The highest BCUT2D eigenvalue weighted by Crippen LogP contribution is 2.20.